The minimum Gasteiger partial charge on any atom is -0.324 e. The lowest BCUT2D eigenvalue weighted by Gasteiger charge is -2.14. The number of rotatable bonds is 5. The number of imide groups is 1. The summed E-state index contributed by atoms with van der Waals surface area (Å²) < 4.78 is 0. The minimum absolute atomic E-state index is 0. The summed E-state index contributed by atoms with van der Waals surface area (Å²) in [7, 11) is 0. The molecule has 3 aromatic carbocycles. The molecule has 6 heteroatoms. The van der Waals surface area contributed by atoms with Gasteiger partial charge in [-0.3, -0.25) is 14.4 Å². The molecule has 3 aromatic rings. The van der Waals surface area contributed by atoms with Crippen LogP contribution in [-0.2, 0) is 11.3 Å². The van der Waals surface area contributed by atoms with Gasteiger partial charge < -0.3 is 4.84 Å². The summed E-state index contributed by atoms with van der Waals surface area (Å²) in [4.78, 5) is 55.7. The maximum Gasteiger partial charge on any atom is 0.364 e. The molecule has 4 rings (SSSR count). The maximum atomic E-state index is 13.0. The average Bonchev–Trinajstić information content (AvgIpc) is 3.03. The summed E-state index contributed by atoms with van der Waals surface area (Å²) >= 11 is 0. The van der Waals surface area contributed by atoms with Crippen molar-refractivity contribution in [2.75, 3.05) is 0 Å². The number of hydroxylamine groups is 2. The van der Waals surface area contributed by atoms with Crippen LogP contribution < -0.4 is 0 Å². The van der Waals surface area contributed by atoms with Crippen LogP contribution in [0.15, 0.2) is 72.8 Å². The first kappa shape index (κ1) is 21.6. The van der Waals surface area contributed by atoms with Gasteiger partial charge in [0.15, 0.2) is 5.78 Å². The van der Waals surface area contributed by atoms with Gasteiger partial charge in [0.2, 0.25) is 0 Å². The first-order valence-corrected chi connectivity index (χ1v) is 9.44. The van der Waals surface area contributed by atoms with Gasteiger partial charge in [0.05, 0.1) is 16.7 Å². The Hall–Kier alpha value is -4.06. The fourth-order valence-corrected chi connectivity index (χ4v) is 3.29. The molecule has 2 amide bonds. The van der Waals surface area contributed by atoms with E-state index >= 15 is 0 Å². The van der Waals surface area contributed by atoms with E-state index in [0.717, 1.165) is 12.0 Å². The number of carbonyl (C=O) groups excluding carboxylic acids is 4. The van der Waals surface area contributed by atoms with Crippen molar-refractivity contribution in [2.45, 2.75) is 20.8 Å². The number of carbonyl (C=O) groups is 4. The van der Waals surface area contributed by atoms with Crippen molar-refractivity contribution in [1.29, 1.82) is 0 Å². The van der Waals surface area contributed by atoms with Crippen molar-refractivity contribution in [3.63, 3.8) is 0 Å². The Labute approximate surface area is 180 Å². The number of aryl methyl sites for hydroxylation is 1. The molecule has 0 radical (unpaired) electrons. The largest absolute Gasteiger partial charge is 0.364 e. The summed E-state index contributed by atoms with van der Waals surface area (Å²) in [5.74, 6) is -2.75. The number of ketones is 1. The second-order valence-electron chi connectivity index (χ2n) is 6.75. The van der Waals surface area contributed by atoms with Crippen LogP contribution in [0.5, 0.6) is 0 Å². The van der Waals surface area contributed by atoms with Crippen LogP contribution in [0, 0.1) is 0 Å². The van der Waals surface area contributed by atoms with Crippen molar-refractivity contribution < 1.29 is 24.0 Å². The number of amides is 2. The molecule has 0 atom stereocenters. The third kappa shape index (κ3) is 3.88. The fourth-order valence-electron chi connectivity index (χ4n) is 3.29. The Morgan fingerprint density at radius 1 is 0.774 bits per heavy atom. The number of hydrogen-bond donors (Lipinski definition) is 0. The predicted octanol–water partition coefficient (Wildman–Crippen LogP) is 4.48. The summed E-state index contributed by atoms with van der Waals surface area (Å²) in [5, 5.41) is 0.435. The van der Waals surface area contributed by atoms with Gasteiger partial charge in [-0.05, 0) is 30.2 Å². The summed E-state index contributed by atoms with van der Waals surface area (Å²) in [6, 6.07) is 19.5. The normalized spacial score (nSPS) is 12.2. The van der Waals surface area contributed by atoms with E-state index in [1.54, 1.807) is 36.4 Å². The monoisotopic (exact) mass is 415 g/mol. The Morgan fingerprint density at radius 3 is 1.84 bits per heavy atom. The van der Waals surface area contributed by atoms with Gasteiger partial charge in [0, 0.05) is 11.1 Å². The van der Waals surface area contributed by atoms with Crippen molar-refractivity contribution in [3.05, 3.63) is 106 Å². The number of nitrogens with zero attached hydrogens (tertiary/aromatic N) is 1. The minimum atomic E-state index is -0.960. The van der Waals surface area contributed by atoms with Crippen molar-refractivity contribution in [3.8, 4) is 0 Å². The van der Waals surface area contributed by atoms with E-state index in [4.69, 9.17) is 4.84 Å². The van der Waals surface area contributed by atoms with Crippen LogP contribution in [0.2, 0.25) is 0 Å². The highest BCUT2D eigenvalue weighted by atomic mass is 16.7. The van der Waals surface area contributed by atoms with E-state index in [1.165, 1.54) is 24.3 Å². The highest BCUT2D eigenvalue weighted by molar-refractivity contribution is 6.21. The van der Waals surface area contributed by atoms with E-state index in [2.05, 4.69) is 0 Å². The van der Waals surface area contributed by atoms with Crippen molar-refractivity contribution in [1.82, 2.24) is 5.06 Å². The summed E-state index contributed by atoms with van der Waals surface area (Å²) in [5.41, 5.74) is 1.94. The zero-order valence-corrected chi connectivity index (χ0v) is 16.1. The smallest absolute Gasteiger partial charge is 0.324 e. The van der Waals surface area contributed by atoms with Gasteiger partial charge in [-0.25, -0.2) is 4.79 Å². The molecule has 0 unspecified atom stereocenters. The molecule has 31 heavy (non-hydrogen) atoms. The van der Waals surface area contributed by atoms with Gasteiger partial charge in [0.25, 0.3) is 11.8 Å². The zero-order valence-electron chi connectivity index (χ0n) is 16.1. The fraction of sp³-hybridized carbons (Fsp3) is 0.120. The quantitative estimate of drug-likeness (QED) is 0.453. The van der Waals surface area contributed by atoms with E-state index in [1.807, 2.05) is 19.1 Å². The summed E-state index contributed by atoms with van der Waals surface area (Å²) in [6.45, 7) is 2.02. The van der Waals surface area contributed by atoms with Crippen molar-refractivity contribution in [2.24, 2.45) is 0 Å². The van der Waals surface area contributed by atoms with Gasteiger partial charge in [-0.15, -0.1) is 0 Å². The second kappa shape index (κ2) is 8.75. The van der Waals surface area contributed by atoms with Crippen LogP contribution >= 0.6 is 0 Å². The van der Waals surface area contributed by atoms with E-state index in [9.17, 15) is 19.2 Å². The molecule has 0 saturated carbocycles. The van der Waals surface area contributed by atoms with E-state index in [0.29, 0.717) is 10.6 Å². The molecule has 0 fully saturated rings. The predicted molar refractivity (Wildman–Crippen MR) is 115 cm³/mol. The van der Waals surface area contributed by atoms with Crippen LogP contribution in [0.3, 0.4) is 0 Å². The average molecular weight is 415 g/mol. The van der Waals surface area contributed by atoms with E-state index in [-0.39, 0.29) is 35.5 Å². The molecular formula is C25H21NO5. The highest BCUT2D eigenvalue weighted by Crippen LogP contribution is 2.24. The molecule has 0 aliphatic carbocycles. The van der Waals surface area contributed by atoms with Gasteiger partial charge >= 0.3 is 5.97 Å². The standard InChI is InChI=1S/C24H17NO5.CH4/c1-2-15-11-13-16(14-12-15)21(26)17-7-3-6-10-20(17)24(29)30-25-22(27)18-8-4-5-9-19(18)23(25)28;/h3-14H,2H2,1H3;1H4. The van der Waals surface area contributed by atoms with Gasteiger partial charge in [0.1, 0.15) is 0 Å². The maximum absolute atomic E-state index is 13.0. The molecule has 6 nitrogen and oxygen atoms in total. The third-order valence-corrected chi connectivity index (χ3v) is 4.95. The molecule has 0 spiro atoms. The molecule has 0 saturated heterocycles. The molecular weight excluding hydrogens is 394 g/mol. The second-order valence-corrected chi connectivity index (χ2v) is 6.75. The van der Waals surface area contributed by atoms with Crippen LogP contribution in [0.4, 0.5) is 0 Å². The lowest BCUT2D eigenvalue weighted by Crippen LogP contribution is -2.33. The Balaban J connectivity index is 0.00000272. The zero-order chi connectivity index (χ0) is 21.3. The van der Waals surface area contributed by atoms with Gasteiger partial charge in [-0.1, -0.05) is 74.0 Å². The highest BCUT2D eigenvalue weighted by Gasteiger charge is 2.39. The molecule has 1 heterocycles. The number of hydrogen-bond acceptors (Lipinski definition) is 5. The molecule has 0 aromatic heterocycles. The van der Waals surface area contributed by atoms with Crippen LogP contribution in [0.1, 0.15) is 66.9 Å². The van der Waals surface area contributed by atoms with Gasteiger partial charge in [-0.2, -0.15) is 0 Å². The van der Waals surface area contributed by atoms with Crippen LogP contribution in [0.25, 0.3) is 0 Å². The molecule has 156 valence electrons. The number of fused-ring (bicyclic) bond motifs is 1. The van der Waals surface area contributed by atoms with Crippen molar-refractivity contribution >= 4 is 23.6 Å². The van der Waals surface area contributed by atoms with E-state index < -0.39 is 17.8 Å². The molecule has 0 N–H and O–H groups in total. The lowest BCUT2D eigenvalue weighted by molar-refractivity contribution is -0.0584. The molecule has 0 bridgehead atoms. The molecule has 1 aliphatic rings. The van der Waals surface area contributed by atoms with Crippen LogP contribution in [-0.4, -0.2) is 28.6 Å². The number of benzene rings is 3. The third-order valence-electron chi connectivity index (χ3n) is 4.95. The Kier molecular flexibility index (Phi) is 6.11. The topological polar surface area (TPSA) is 80.8 Å². The first-order valence-electron chi connectivity index (χ1n) is 9.44. The Bertz CT molecular complexity index is 1150. The molecule has 1 aliphatic heterocycles. The summed E-state index contributed by atoms with van der Waals surface area (Å²) in [6.07, 6.45) is 0.845. The Morgan fingerprint density at radius 2 is 1.29 bits per heavy atom. The SMILES string of the molecule is C.CCc1ccc(C(=O)c2ccccc2C(=O)ON2C(=O)c3ccccc3C2=O)cc1. The first-order chi connectivity index (χ1) is 14.5. The lowest BCUT2D eigenvalue weighted by atomic mass is 9.97.